The van der Waals surface area contributed by atoms with Gasteiger partial charge in [-0.15, -0.1) is 10.2 Å². The summed E-state index contributed by atoms with van der Waals surface area (Å²) in [6.07, 6.45) is 5.19. The SMILES string of the molecule is CCn1c(SCC(=O)O[C@H](C)C(=O)N[C@H]2CCCC[C@@H]2C)nnc1-c1ccco1. The van der Waals surface area contributed by atoms with Gasteiger partial charge in [-0.05, 0) is 44.7 Å². The van der Waals surface area contributed by atoms with Gasteiger partial charge in [0.1, 0.15) is 0 Å². The summed E-state index contributed by atoms with van der Waals surface area (Å²) >= 11 is 1.23. The van der Waals surface area contributed by atoms with Gasteiger partial charge in [-0.2, -0.15) is 0 Å². The highest BCUT2D eigenvalue weighted by molar-refractivity contribution is 7.99. The Bertz CT molecular complexity index is 821. The number of carbonyl (C=O) groups excluding carboxylic acids is 2. The average molecular weight is 421 g/mol. The van der Waals surface area contributed by atoms with Gasteiger partial charge in [0.05, 0.1) is 12.0 Å². The lowest BCUT2D eigenvalue weighted by Gasteiger charge is -2.30. The minimum absolute atomic E-state index is 0.0493. The van der Waals surface area contributed by atoms with Crippen LogP contribution in [0.1, 0.15) is 46.5 Å². The molecule has 1 aliphatic carbocycles. The monoisotopic (exact) mass is 420 g/mol. The number of amides is 1. The van der Waals surface area contributed by atoms with Crippen molar-refractivity contribution in [3.05, 3.63) is 18.4 Å². The van der Waals surface area contributed by atoms with E-state index in [2.05, 4.69) is 22.4 Å². The number of hydrogen-bond donors (Lipinski definition) is 1. The van der Waals surface area contributed by atoms with Crippen LogP contribution in [0.15, 0.2) is 28.0 Å². The van der Waals surface area contributed by atoms with Crippen LogP contribution >= 0.6 is 11.8 Å². The standard InChI is InChI=1S/C20H28N4O4S/c1-4-24-18(16-10-7-11-27-16)22-23-20(24)29-12-17(25)28-14(3)19(26)21-15-9-6-5-8-13(15)2/h7,10-11,13-15H,4-6,8-9,12H2,1-3H3,(H,21,26)/t13-,14+,15-/m0/s1. The molecule has 2 aromatic heterocycles. The van der Waals surface area contributed by atoms with Crippen molar-refractivity contribution in [3.8, 4) is 11.6 Å². The molecule has 2 heterocycles. The molecular weight excluding hydrogens is 392 g/mol. The van der Waals surface area contributed by atoms with Crippen molar-refractivity contribution >= 4 is 23.6 Å². The molecule has 2 aromatic rings. The Hall–Kier alpha value is -2.29. The van der Waals surface area contributed by atoms with Crippen LogP contribution < -0.4 is 5.32 Å². The van der Waals surface area contributed by atoms with Crippen molar-refractivity contribution < 1.29 is 18.7 Å². The maximum Gasteiger partial charge on any atom is 0.317 e. The van der Waals surface area contributed by atoms with E-state index in [1.165, 1.54) is 18.2 Å². The lowest BCUT2D eigenvalue weighted by Crippen LogP contribution is -2.46. The maximum atomic E-state index is 12.4. The lowest BCUT2D eigenvalue weighted by atomic mass is 9.86. The first-order valence-corrected chi connectivity index (χ1v) is 11.1. The predicted octanol–water partition coefficient (Wildman–Crippen LogP) is 3.28. The second-order valence-electron chi connectivity index (χ2n) is 7.33. The van der Waals surface area contributed by atoms with Crippen molar-refractivity contribution in [2.45, 2.75) is 70.3 Å². The number of carbonyl (C=O) groups is 2. The molecule has 8 nitrogen and oxygen atoms in total. The van der Waals surface area contributed by atoms with E-state index in [9.17, 15) is 9.59 Å². The van der Waals surface area contributed by atoms with Gasteiger partial charge < -0.3 is 14.5 Å². The van der Waals surface area contributed by atoms with Crippen LogP contribution in [0.5, 0.6) is 0 Å². The molecule has 9 heteroatoms. The number of nitrogens with one attached hydrogen (secondary N) is 1. The molecule has 0 spiro atoms. The van der Waals surface area contributed by atoms with Gasteiger partial charge in [-0.25, -0.2) is 0 Å². The fourth-order valence-electron chi connectivity index (χ4n) is 3.51. The van der Waals surface area contributed by atoms with E-state index in [0.29, 0.717) is 29.2 Å². The second kappa shape index (κ2) is 9.96. The summed E-state index contributed by atoms with van der Waals surface area (Å²) in [4.78, 5) is 24.6. The van der Waals surface area contributed by atoms with Gasteiger partial charge >= 0.3 is 5.97 Å². The maximum absolute atomic E-state index is 12.4. The highest BCUT2D eigenvalue weighted by Gasteiger charge is 2.26. The zero-order valence-corrected chi connectivity index (χ0v) is 17.9. The van der Waals surface area contributed by atoms with Crippen LogP contribution in [0, 0.1) is 5.92 Å². The highest BCUT2D eigenvalue weighted by atomic mass is 32.2. The van der Waals surface area contributed by atoms with E-state index in [-0.39, 0.29) is 17.7 Å². The topological polar surface area (TPSA) is 99.2 Å². The Balaban J connectivity index is 1.50. The molecule has 3 rings (SSSR count). The fraction of sp³-hybridized carbons (Fsp3) is 0.600. The molecular formula is C20H28N4O4S. The van der Waals surface area contributed by atoms with E-state index >= 15 is 0 Å². The molecule has 0 aromatic carbocycles. The zero-order chi connectivity index (χ0) is 20.8. The quantitative estimate of drug-likeness (QED) is 0.517. The van der Waals surface area contributed by atoms with Crippen LogP contribution in [-0.2, 0) is 20.9 Å². The van der Waals surface area contributed by atoms with Crippen molar-refractivity contribution in [2.75, 3.05) is 5.75 Å². The van der Waals surface area contributed by atoms with Crippen LogP contribution in [0.2, 0.25) is 0 Å². The Morgan fingerprint density at radius 1 is 1.38 bits per heavy atom. The molecule has 1 aliphatic rings. The van der Waals surface area contributed by atoms with Gasteiger partial charge in [0.2, 0.25) is 0 Å². The number of thioether (sulfide) groups is 1. The smallest absolute Gasteiger partial charge is 0.317 e. The van der Waals surface area contributed by atoms with Gasteiger partial charge in [-0.3, -0.25) is 14.2 Å². The van der Waals surface area contributed by atoms with Crippen molar-refractivity contribution in [1.29, 1.82) is 0 Å². The first-order chi connectivity index (χ1) is 14.0. The summed E-state index contributed by atoms with van der Waals surface area (Å²) in [5, 5.41) is 11.9. The first-order valence-electron chi connectivity index (χ1n) is 10.1. The normalized spacial score (nSPS) is 20.2. The first kappa shape index (κ1) is 21.4. The van der Waals surface area contributed by atoms with Crippen LogP contribution in [-0.4, -0.2) is 44.5 Å². The largest absolute Gasteiger partial charge is 0.461 e. The fourth-order valence-corrected chi connectivity index (χ4v) is 4.29. The molecule has 0 unspecified atom stereocenters. The minimum atomic E-state index is -0.819. The van der Waals surface area contributed by atoms with E-state index in [0.717, 1.165) is 19.3 Å². The molecule has 3 atom stereocenters. The number of furan rings is 1. The number of esters is 1. The van der Waals surface area contributed by atoms with Gasteiger partial charge in [0.15, 0.2) is 22.8 Å². The zero-order valence-electron chi connectivity index (χ0n) is 17.1. The number of hydrogen-bond acceptors (Lipinski definition) is 7. The van der Waals surface area contributed by atoms with E-state index in [1.807, 2.05) is 17.6 Å². The number of rotatable bonds is 8. The van der Waals surface area contributed by atoms with Gasteiger partial charge in [0, 0.05) is 12.6 Å². The summed E-state index contributed by atoms with van der Waals surface area (Å²) < 4.78 is 12.6. The third-order valence-electron chi connectivity index (χ3n) is 5.21. The molecule has 1 fully saturated rings. The summed E-state index contributed by atoms with van der Waals surface area (Å²) in [6.45, 7) is 6.36. The van der Waals surface area contributed by atoms with Crippen LogP contribution in [0.25, 0.3) is 11.6 Å². The average Bonchev–Trinajstić information content (AvgIpc) is 3.37. The van der Waals surface area contributed by atoms with Crippen LogP contribution in [0.3, 0.4) is 0 Å². The molecule has 0 aliphatic heterocycles. The summed E-state index contributed by atoms with van der Waals surface area (Å²) in [6, 6.07) is 3.76. The summed E-state index contributed by atoms with van der Waals surface area (Å²) in [5.41, 5.74) is 0. The van der Waals surface area contributed by atoms with Crippen molar-refractivity contribution in [2.24, 2.45) is 5.92 Å². The second-order valence-corrected chi connectivity index (χ2v) is 8.27. The van der Waals surface area contributed by atoms with Crippen LogP contribution in [0.4, 0.5) is 0 Å². The predicted molar refractivity (Wildman–Crippen MR) is 109 cm³/mol. The molecule has 0 bridgehead atoms. The molecule has 0 radical (unpaired) electrons. The third-order valence-corrected chi connectivity index (χ3v) is 6.15. The van der Waals surface area contributed by atoms with E-state index in [1.54, 1.807) is 19.3 Å². The molecule has 158 valence electrons. The minimum Gasteiger partial charge on any atom is -0.461 e. The summed E-state index contributed by atoms with van der Waals surface area (Å²) in [5.74, 6) is 1.04. The van der Waals surface area contributed by atoms with Crippen molar-refractivity contribution in [1.82, 2.24) is 20.1 Å². The Morgan fingerprint density at radius 3 is 2.86 bits per heavy atom. The van der Waals surface area contributed by atoms with Gasteiger partial charge in [0.25, 0.3) is 5.91 Å². The van der Waals surface area contributed by atoms with Crippen molar-refractivity contribution in [3.63, 3.8) is 0 Å². The van der Waals surface area contributed by atoms with Gasteiger partial charge in [-0.1, -0.05) is 31.5 Å². The molecule has 29 heavy (non-hydrogen) atoms. The Labute approximate surface area is 174 Å². The Morgan fingerprint density at radius 2 is 2.17 bits per heavy atom. The lowest BCUT2D eigenvalue weighted by molar-refractivity contribution is -0.152. The number of ether oxygens (including phenoxy) is 1. The third kappa shape index (κ3) is 5.41. The molecule has 1 N–H and O–H groups in total. The number of nitrogens with zero attached hydrogens (tertiary/aromatic N) is 3. The highest BCUT2D eigenvalue weighted by Crippen LogP contribution is 2.25. The number of aromatic nitrogens is 3. The van der Waals surface area contributed by atoms with E-state index in [4.69, 9.17) is 9.15 Å². The Kier molecular flexibility index (Phi) is 7.35. The molecule has 0 saturated heterocycles. The van der Waals surface area contributed by atoms with E-state index < -0.39 is 12.1 Å². The molecule has 1 saturated carbocycles. The summed E-state index contributed by atoms with van der Waals surface area (Å²) in [7, 11) is 0. The molecule has 1 amide bonds.